The molecule has 2 aliphatic rings. The number of hydrogen-bond acceptors (Lipinski definition) is 4. The van der Waals surface area contributed by atoms with Gasteiger partial charge >= 0.3 is 0 Å². The molecule has 3 atom stereocenters. The van der Waals surface area contributed by atoms with Gasteiger partial charge in [0.05, 0.1) is 23.9 Å². The minimum atomic E-state index is -0.288. The third-order valence-corrected chi connectivity index (χ3v) is 7.96. The predicted octanol–water partition coefficient (Wildman–Crippen LogP) is 8.95. The highest BCUT2D eigenvalue weighted by Crippen LogP contribution is 2.50. The lowest BCUT2D eigenvalue weighted by Crippen LogP contribution is -2.29. The molecule has 40 heavy (non-hydrogen) atoms. The molecule has 1 aliphatic heterocycles. The average Bonchev–Trinajstić information content (AvgIpc) is 3.47. The largest absolute Gasteiger partial charge is 0.493 e. The van der Waals surface area contributed by atoms with Crippen molar-refractivity contribution in [1.29, 1.82) is 0 Å². The number of ether oxygens (including phenoxy) is 2. The first-order valence-corrected chi connectivity index (χ1v) is 13.8. The van der Waals surface area contributed by atoms with Gasteiger partial charge in [0.2, 0.25) is 0 Å². The monoisotopic (exact) mass is 552 g/mol. The summed E-state index contributed by atoms with van der Waals surface area (Å²) in [7, 11) is 1.57. The fourth-order valence-corrected chi connectivity index (χ4v) is 5.92. The van der Waals surface area contributed by atoms with Gasteiger partial charge in [-0.05, 0) is 84.0 Å². The first kappa shape index (κ1) is 26.1. The SMILES string of the molecule is COc1cc(C=Nc2ccc([C@@H]3Nc4ccc(C)cc4[C@H]4C=CC[C@H]43)cc2)cc(Cl)c1OCc1ccc(F)cc1. The lowest BCUT2D eigenvalue weighted by Gasteiger charge is -2.37. The third-order valence-electron chi connectivity index (χ3n) is 7.68. The summed E-state index contributed by atoms with van der Waals surface area (Å²) in [6, 6.07) is 25.2. The number of anilines is 1. The maximum absolute atomic E-state index is 13.2. The first-order valence-electron chi connectivity index (χ1n) is 13.4. The molecule has 0 spiro atoms. The van der Waals surface area contributed by atoms with E-state index >= 15 is 0 Å². The summed E-state index contributed by atoms with van der Waals surface area (Å²) in [4.78, 5) is 4.67. The molecule has 4 aromatic carbocycles. The van der Waals surface area contributed by atoms with Crippen LogP contribution in [-0.2, 0) is 6.61 Å². The van der Waals surface area contributed by atoms with Crippen molar-refractivity contribution in [1.82, 2.24) is 0 Å². The van der Waals surface area contributed by atoms with E-state index in [1.807, 2.05) is 6.07 Å². The molecule has 4 aromatic rings. The summed E-state index contributed by atoms with van der Waals surface area (Å²) in [5.41, 5.74) is 7.65. The van der Waals surface area contributed by atoms with E-state index in [1.165, 1.54) is 34.5 Å². The van der Waals surface area contributed by atoms with Gasteiger partial charge in [-0.2, -0.15) is 0 Å². The van der Waals surface area contributed by atoms with Gasteiger partial charge in [0.25, 0.3) is 0 Å². The third kappa shape index (κ3) is 5.34. The van der Waals surface area contributed by atoms with Gasteiger partial charge in [0.1, 0.15) is 12.4 Å². The summed E-state index contributed by atoms with van der Waals surface area (Å²) in [6.45, 7) is 2.40. The van der Waals surface area contributed by atoms with E-state index < -0.39 is 0 Å². The Morgan fingerprint density at radius 3 is 2.60 bits per heavy atom. The van der Waals surface area contributed by atoms with E-state index in [4.69, 9.17) is 21.1 Å². The van der Waals surface area contributed by atoms with Crippen LogP contribution in [0.25, 0.3) is 0 Å². The summed E-state index contributed by atoms with van der Waals surface area (Å²) in [5.74, 6) is 1.60. The van der Waals surface area contributed by atoms with E-state index in [2.05, 4.69) is 71.8 Å². The van der Waals surface area contributed by atoms with Crippen LogP contribution in [-0.4, -0.2) is 13.3 Å². The predicted molar refractivity (Wildman–Crippen MR) is 160 cm³/mol. The fourth-order valence-electron chi connectivity index (χ4n) is 5.65. The Balaban J connectivity index is 1.16. The highest BCUT2D eigenvalue weighted by atomic mass is 35.5. The van der Waals surface area contributed by atoms with Crippen LogP contribution in [0.2, 0.25) is 5.02 Å². The number of fused-ring (bicyclic) bond motifs is 3. The van der Waals surface area contributed by atoms with Crippen LogP contribution in [0.1, 0.15) is 46.2 Å². The molecule has 1 N–H and O–H groups in total. The Morgan fingerprint density at radius 1 is 1.02 bits per heavy atom. The second-order valence-corrected chi connectivity index (χ2v) is 10.8. The van der Waals surface area contributed by atoms with Crippen molar-refractivity contribution in [3.8, 4) is 11.5 Å². The van der Waals surface area contributed by atoms with Gasteiger partial charge in [0, 0.05) is 17.8 Å². The van der Waals surface area contributed by atoms with Crippen LogP contribution in [0.3, 0.4) is 0 Å². The van der Waals surface area contributed by atoms with Gasteiger partial charge in [0.15, 0.2) is 11.5 Å². The summed E-state index contributed by atoms with van der Waals surface area (Å²) >= 11 is 6.54. The van der Waals surface area contributed by atoms with Crippen molar-refractivity contribution >= 4 is 29.2 Å². The van der Waals surface area contributed by atoms with Crippen LogP contribution < -0.4 is 14.8 Å². The number of halogens is 2. The Morgan fingerprint density at radius 2 is 1.82 bits per heavy atom. The van der Waals surface area contributed by atoms with Gasteiger partial charge in [-0.1, -0.05) is 65.7 Å². The summed E-state index contributed by atoms with van der Waals surface area (Å²) in [5, 5.41) is 4.21. The number of aryl methyl sites for hydroxylation is 1. The van der Waals surface area contributed by atoms with Crippen molar-refractivity contribution in [3.05, 3.63) is 130 Å². The molecular weight excluding hydrogens is 523 g/mol. The molecule has 6 heteroatoms. The number of nitrogens with zero attached hydrogens (tertiary/aromatic N) is 1. The summed E-state index contributed by atoms with van der Waals surface area (Å²) in [6.07, 6.45) is 7.52. The molecule has 1 heterocycles. The molecule has 0 unspecified atom stereocenters. The lowest BCUT2D eigenvalue weighted by atomic mass is 9.76. The van der Waals surface area contributed by atoms with Gasteiger partial charge in [-0.25, -0.2) is 4.39 Å². The molecule has 0 fully saturated rings. The highest BCUT2D eigenvalue weighted by Gasteiger charge is 2.37. The fraction of sp³-hybridized carbons (Fsp3) is 0.206. The van der Waals surface area contributed by atoms with E-state index in [1.54, 1.807) is 31.5 Å². The molecule has 0 saturated carbocycles. The zero-order chi connectivity index (χ0) is 27.6. The molecule has 0 amide bonds. The number of methoxy groups -OCH3 is 1. The topological polar surface area (TPSA) is 42.8 Å². The minimum absolute atomic E-state index is 0.245. The highest BCUT2D eigenvalue weighted by molar-refractivity contribution is 6.32. The molecule has 6 rings (SSSR count). The Kier molecular flexibility index (Phi) is 7.31. The molecule has 0 aromatic heterocycles. The van der Waals surface area contributed by atoms with E-state index in [9.17, 15) is 4.39 Å². The van der Waals surface area contributed by atoms with E-state index in [-0.39, 0.29) is 18.5 Å². The van der Waals surface area contributed by atoms with Crippen LogP contribution >= 0.6 is 11.6 Å². The lowest BCUT2D eigenvalue weighted by molar-refractivity contribution is 0.284. The second kappa shape index (κ2) is 11.2. The van der Waals surface area contributed by atoms with Crippen LogP contribution in [0.4, 0.5) is 15.8 Å². The van der Waals surface area contributed by atoms with Crippen LogP contribution in [0.5, 0.6) is 11.5 Å². The van der Waals surface area contributed by atoms with Crippen molar-refractivity contribution in [3.63, 3.8) is 0 Å². The Hall–Kier alpha value is -4.09. The average molecular weight is 553 g/mol. The Labute approximate surface area is 239 Å². The number of nitrogens with one attached hydrogen (secondary N) is 1. The standard InChI is InChI=1S/C34H30ClFN2O2/c1-21-6-15-31-29(16-21)27-4-3-5-28(27)33(38-31)24-9-13-26(14-10-24)37-19-23-17-30(35)34(32(18-23)39-2)40-20-22-7-11-25(36)12-8-22/h3-4,6-19,27-28,33,38H,5,20H2,1-2H3/t27-,28+,33-/m0/s1. The number of aliphatic imine (C=N–C) groups is 1. The summed E-state index contributed by atoms with van der Waals surface area (Å²) < 4.78 is 24.6. The van der Waals surface area contributed by atoms with Crippen molar-refractivity contribution in [2.24, 2.45) is 10.9 Å². The zero-order valence-electron chi connectivity index (χ0n) is 22.4. The Bertz CT molecular complexity index is 1580. The molecular formula is C34H30ClFN2O2. The van der Waals surface area contributed by atoms with Crippen LogP contribution in [0, 0.1) is 18.7 Å². The smallest absolute Gasteiger partial charge is 0.180 e. The van der Waals surface area contributed by atoms with Gasteiger partial charge in [-0.3, -0.25) is 4.99 Å². The second-order valence-electron chi connectivity index (χ2n) is 10.4. The number of rotatable bonds is 7. The maximum Gasteiger partial charge on any atom is 0.180 e. The molecule has 1 aliphatic carbocycles. The minimum Gasteiger partial charge on any atom is -0.493 e. The van der Waals surface area contributed by atoms with Crippen molar-refractivity contribution in [2.75, 3.05) is 12.4 Å². The van der Waals surface area contributed by atoms with Gasteiger partial charge in [-0.15, -0.1) is 0 Å². The first-order chi connectivity index (χ1) is 19.5. The van der Waals surface area contributed by atoms with Crippen molar-refractivity contribution in [2.45, 2.75) is 31.9 Å². The van der Waals surface area contributed by atoms with Crippen LogP contribution in [0.15, 0.2) is 96.0 Å². The van der Waals surface area contributed by atoms with E-state index in [0.29, 0.717) is 28.4 Å². The molecule has 0 radical (unpaired) electrons. The van der Waals surface area contributed by atoms with Gasteiger partial charge < -0.3 is 14.8 Å². The molecule has 0 saturated heterocycles. The molecule has 0 bridgehead atoms. The molecule has 4 nitrogen and oxygen atoms in total. The van der Waals surface area contributed by atoms with Crippen molar-refractivity contribution < 1.29 is 13.9 Å². The maximum atomic E-state index is 13.2. The number of benzene rings is 4. The number of hydrogen-bond donors (Lipinski definition) is 1. The molecule has 202 valence electrons. The normalized spacial score (nSPS) is 19.2. The van der Waals surface area contributed by atoms with E-state index in [0.717, 1.165) is 23.2 Å². The quantitative estimate of drug-likeness (QED) is 0.184. The number of allylic oxidation sites excluding steroid dienone is 2. The zero-order valence-corrected chi connectivity index (χ0v) is 23.2.